The quantitative estimate of drug-likeness (QED) is 0.681. The van der Waals surface area contributed by atoms with Crippen LogP contribution in [-0.4, -0.2) is 9.55 Å². The fraction of sp³-hybridized carbons (Fsp3) is 0.100. The smallest absolute Gasteiger partial charge is 0.142 e. The maximum absolute atomic E-state index is 13.3. The summed E-state index contributed by atoms with van der Waals surface area (Å²) in [6.45, 7) is 0. The summed E-state index contributed by atoms with van der Waals surface area (Å²) in [4.78, 5) is 3.98. The predicted molar refractivity (Wildman–Crippen MR) is 48.6 cm³/mol. The third kappa shape index (κ3) is 1.39. The second-order valence-corrected chi connectivity index (χ2v) is 2.99. The van der Waals surface area contributed by atoms with Crippen molar-refractivity contribution in [1.82, 2.24) is 9.55 Å². The van der Waals surface area contributed by atoms with Gasteiger partial charge in [-0.3, -0.25) is 0 Å². The van der Waals surface area contributed by atoms with E-state index in [0.29, 0.717) is 11.4 Å². The van der Waals surface area contributed by atoms with Crippen LogP contribution in [0.4, 0.5) is 8.78 Å². The molecular weight excluding hydrogens is 186 g/mol. The number of rotatable bonds is 1. The highest BCUT2D eigenvalue weighted by Crippen LogP contribution is 2.20. The van der Waals surface area contributed by atoms with Crippen LogP contribution in [0, 0.1) is 11.6 Å². The van der Waals surface area contributed by atoms with E-state index in [4.69, 9.17) is 0 Å². The lowest BCUT2D eigenvalue weighted by atomic mass is 10.2. The molecule has 72 valence electrons. The van der Waals surface area contributed by atoms with E-state index in [0.717, 1.165) is 6.07 Å². The van der Waals surface area contributed by atoms with Crippen molar-refractivity contribution in [1.29, 1.82) is 0 Å². The summed E-state index contributed by atoms with van der Waals surface area (Å²) in [5.41, 5.74) is 0.305. The van der Waals surface area contributed by atoms with E-state index < -0.39 is 11.6 Å². The summed E-state index contributed by atoms with van der Waals surface area (Å²) < 4.78 is 27.6. The Balaban J connectivity index is 2.58. The van der Waals surface area contributed by atoms with Crippen molar-refractivity contribution in [2.75, 3.05) is 0 Å². The van der Waals surface area contributed by atoms with Crippen LogP contribution >= 0.6 is 0 Å². The molecule has 0 saturated heterocycles. The molecule has 2 aromatic rings. The van der Waals surface area contributed by atoms with Crippen LogP contribution < -0.4 is 0 Å². The van der Waals surface area contributed by atoms with Gasteiger partial charge in [-0.1, -0.05) is 0 Å². The van der Waals surface area contributed by atoms with Crippen LogP contribution in [0.5, 0.6) is 0 Å². The van der Waals surface area contributed by atoms with Crippen LogP contribution in [0.1, 0.15) is 0 Å². The third-order valence-electron chi connectivity index (χ3n) is 1.99. The summed E-state index contributed by atoms with van der Waals surface area (Å²) in [6, 6.07) is 3.45. The van der Waals surface area contributed by atoms with Gasteiger partial charge in [-0.25, -0.2) is 13.8 Å². The van der Waals surface area contributed by atoms with E-state index >= 15 is 0 Å². The van der Waals surface area contributed by atoms with E-state index in [1.165, 1.54) is 12.1 Å². The molecule has 0 atom stereocenters. The van der Waals surface area contributed by atoms with Gasteiger partial charge in [0.2, 0.25) is 0 Å². The number of imidazole rings is 1. The van der Waals surface area contributed by atoms with Gasteiger partial charge in [-0.2, -0.15) is 0 Å². The van der Waals surface area contributed by atoms with Crippen LogP contribution in [0.25, 0.3) is 11.4 Å². The van der Waals surface area contributed by atoms with E-state index in [2.05, 4.69) is 4.98 Å². The Bertz CT molecular complexity index is 463. The Morgan fingerprint density at radius 1 is 1.29 bits per heavy atom. The monoisotopic (exact) mass is 194 g/mol. The van der Waals surface area contributed by atoms with E-state index in [-0.39, 0.29) is 0 Å². The van der Waals surface area contributed by atoms with E-state index in [9.17, 15) is 8.78 Å². The van der Waals surface area contributed by atoms with Crippen LogP contribution in [0.2, 0.25) is 0 Å². The molecule has 14 heavy (non-hydrogen) atoms. The van der Waals surface area contributed by atoms with Gasteiger partial charge in [0, 0.05) is 25.5 Å². The van der Waals surface area contributed by atoms with Gasteiger partial charge in [0.15, 0.2) is 0 Å². The molecule has 0 bridgehead atoms. The molecule has 0 saturated carbocycles. The van der Waals surface area contributed by atoms with Crippen LogP contribution in [-0.2, 0) is 7.05 Å². The Morgan fingerprint density at radius 3 is 2.64 bits per heavy atom. The Labute approximate surface area is 79.8 Å². The predicted octanol–water partition coefficient (Wildman–Crippen LogP) is 2.37. The highest BCUT2D eigenvalue weighted by molar-refractivity contribution is 5.56. The van der Waals surface area contributed by atoms with Crippen molar-refractivity contribution < 1.29 is 8.78 Å². The molecule has 4 heteroatoms. The molecule has 0 unspecified atom stereocenters. The molecule has 0 spiro atoms. The minimum absolute atomic E-state index is 0.305. The van der Waals surface area contributed by atoms with E-state index in [1.54, 1.807) is 24.0 Å². The summed E-state index contributed by atoms with van der Waals surface area (Å²) in [7, 11) is 1.76. The molecule has 0 N–H and O–H groups in total. The lowest BCUT2D eigenvalue weighted by Crippen LogP contribution is -1.94. The molecule has 1 aromatic heterocycles. The van der Waals surface area contributed by atoms with Gasteiger partial charge in [0.05, 0.1) is 5.56 Å². The molecule has 0 aliphatic heterocycles. The molecule has 0 fully saturated rings. The topological polar surface area (TPSA) is 17.8 Å². The maximum atomic E-state index is 13.3. The van der Waals surface area contributed by atoms with Crippen molar-refractivity contribution in [3.05, 3.63) is 42.2 Å². The van der Waals surface area contributed by atoms with Crippen molar-refractivity contribution in [3.63, 3.8) is 0 Å². The van der Waals surface area contributed by atoms with Crippen molar-refractivity contribution in [2.24, 2.45) is 7.05 Å². The summed E-state index contributed by atoms with van der Waals surface area (Å²) in [6.07, 6.45) is 3.27. The maximum Gasteiger partial charge on any atom is 0.142 e. The van der Waals surface area contributed by atoms with Gasteiger partial charge in [0.25, 0.3) is 0 Å². The summed E-state index contributed by atoms with van der Waals surface area (Å²) >= 11 is 0. The largest absolute Gasteiger partial charge is 0.334 e. The number of hydrogen-bond donors (Lipinski definition) is 0. The highest BCUT2D eigenvalue weighted by atomic mass is 19.1. The molecule has 1 heterocycles. The number of hydrogen-bond acceptors (Lipinski definition) is 1. The van der Waals surface area contributed by atoms with Gasteiger partial charge < -0.3 is 4.57 Å². The average Bonchev–Trinajstić information content (AvgIpc) is 2.52. The standard InChI is InChI=1S/C10H8F2N2/c1-14-5-4-13-10(14)8-3-2-7(11)6-9(8)12/h2-6H,1H3. The van der Waals surface area contributed by atoms with E-state index in [1.807, 2.05) is 0 Å². The molecule has 2 rings (SSSR count). The number of halogens is 2. The second kappa shape index (κ2) is 3.21. The Kier molecular flexibility index (Phi) is 2.04. The van der Waals surface area contributed by atoms with Crippen molar-refractivity contribution in [3.8, 4) is 11.4 Å². The molecule has 1 aromatic carbocycles. The normalized spacial score (nSPS) is 10.5. The number of benzene rings is 1. The first kappa shape index (κ1) is 8.87. The zero-order valence-electron chi connectivity index (χ0n) is 7.54. The second-order valence-electron chi connectivity index (χ2n) is 2.99. The molecular formula is C10H8F2N2. The molecule has 2 nitrogen and oxygen atoms in total. The number of aryl methyl sites for hydroxylation is 1. The fourth-order valence-electron chi connectivity index (χ4n) is 1.30. The third-order valence-corrected chi connectivity index (χ3v) is 1.99. The van der Waals surface area contributed by atoms with Gasteiger partial charge >= 0.3 is 0 Å². The Hall–Kier alpha value is -1.71. The first-order valence-electron chi connectivity index (χ1n) is 4.11. The minimum atomic E-state index is -0.598. The first-order valence-corrected chi connectivity index (χ1v) is 4.11. The first-order chi connectivity index (χ1) is 6.68. The zero-order valence-corrected chi connectivity index (χ0v) is 7.54. The number of aromatic nitrogens is 2. The SMILES string of the molecule is Cn1ccnc1-c1ccc(F)cc1F. The lowest BCUT2D eigenvalue weighted by Gasteiger charge is -2.02. The highest BCUT2D eigenvalue weighted by Gasteiger charge is 2.09. The summed E-state index contributed by atoms with van der Waals surface area (Å²) in [5.74, 6) is -0.692. The number of nitrogens with zero attached hydrogens (tertiary/aromatic N) is 2. The Morgan fingerprint density at radius 2 is 2.07 bits per heavy atom. The fourth-order valence-corrected chi connectivity index (χ4v) is 1.30. The molecule has 0 amide bonds. The molecule has 0 aliphatic rings. The molecule has 0 radical (unpaired) electrons. The average molecular weight is 194 g/mol. The van der Waals surface area contributed by atoms with Gasteiger partial charge in [0.1, 0.15) is 17.5 Å². The zero-order chi connectivity index (χ0) is 10.1. The molecule has 0 aliphatic carbocycles. The van der Waals surface area contributed by atoms with Crippen molar-refractivity contribution in [2.45, 2.75) is 0 Å². The van der Waals surface area contributed by atoms with Crippen molar-refractivity contribution >= 4 is 0 Å². The van der Waals surface area contributed by atoms with Crippen LogP contribution in [0.15, 0.2) is 30.6 Å². The lowest BCUT2D eigenvalue weighted by molar-refractivity contribution is 0.584. The van der Waals surface area contributed by atoms with Gasteiger partial charge in [-0.05, 0) is 12.1 Å². The van der Waals surface area contributed by atoms with Gasteiger partial charge in [-0.15, -0.1) is 0 Å². The van der Waals surface area contributed by atoms with Crippen LogP contribution in [0.3, 0.4) is 0 Å². The minimum Gasteiger partial charge on any atom is -0.334 e. The summed E-state index contributed by atoms with van der Waals surface area (Å²) in [5, 5.41) is 0.